The van der Waals surface area contributed by atoms with E-state index in [4.69, 9.17) is 4.42 Å². The summed E-state index contributed by atoms with van der Waals surface area (Å²) < 4.78 is 5.73. The molecule has 4 rings (SSSR count). The van der Waals surface area contributed by atoms with E-state index in [1.54, 1.807) is 11.8 Å². The van der Waals surface area contributed by atoms with Gasteiger partial charge in [-0.05, 0) is 31.2 Å². The van der Waals surface area contributed by atoms with Gasteiger partial charge in [-0.25, -0.2) is 4.98 Å². The molecule has 0 N–H and O–H groups in total. The second-order valence-electron chi connectivity index (χ2n) is 6.43. The van der Waals surface area contributed by atoms with E-state index < -0.39 is 5.41 Å². The van der Waals surface area contributed by atoms with E-state index >= 15 is 0 Å². The highest BCUT2D eigenvalue weighted by Crippen LogP contribution is 2.45. The number of likely N-dealkylation sites (tertiary alicyclic amines) is 1. The monoisotopic (exact) mass is 342 g/mol. The minimum atomic E-state index is -0.471. The highest BCUT2D eigenvalue weighted by Gasteiger charge is 2.53. The van der Waals surface area contributed by atoms with Crippen molar-refractivity contribution >= 4 is 23.6 Å². The number of aromatic nitrogens is 1. The maximum absolute atomic E-state index is 12.8. The van der Waals surface area contributed by atoms with Crippen LogP contribution in [0.1, 0.15) is 24.3 Å². The normalized spacial score (nSPS) is 23.6. The van der Waals surface area contributed by atoms with Crippen molar-refractivity contribution in [3.63, 3.8) is 0 Å². The zero-order chi connectivity index (χ0) is 16.7. The molecule has 2 fully saturated rings. The molecular formula is C18H18N2O3S. The van der Waals surface area contributed by atoms with E-state index in [1.165, 1.54) is 4.90 Å². The lowest BCUT2D eigenvalue weighted by Gasteiger charge is -2.19. The van der Waals surface area contributed by atoms with Gasteiger partial charge in [0.2, 0.25) is 17.7 Å². The molecule has 5 nitrogen and oxygen atoms in total. The molecule has 0 bridgehead atoms. The fourth-order valence-electron chi connectivity index (χ4n) is 3.36. The standard InChI is InChI=1S/C18H18N2O3S/c1-12-14(19-16(23-12)13-5-3-2-4-6-13)10-20-15(21)9-18(17(20)22)7-8-24-11-18/h2-6H,7-11H2,1H3. The largest absolute Gasteiger partial charge is 0.441 e. The molecule has 2 saturated heterocycles. The molecule has 2 aliphatic rings. The SMILES string of the molecule is Cc1oc(-c2ccccc2)nc1CN1C(=O)CC2(CCSC2)C1=O. The lowest BCUT2D eigenvalue weighted by atomic mass is 9.86. The van der Waals surface area contributed by atoms with Crippen LogP contribution in [0.5, 0.6) is 0 Å². The Morgan fingerprint density at radius 2 is 2.08 bits per heavy atom. The van der Waals surface area contributed by atoms with Gasteiger partial charge in [0, 0.05) is 17.7 Å². The third-order valence-electron chi connectivity index (χ3n) is 4.81. The summed E-state index contributed by atoms with van der Waals surface area (Å²) in [6.07, 6.45) is 1.13. The molecule has 0 aliphatic carbocycles. The van der Waals surface area contributed by atoms with E-state index in [2.05, 4.69) is 4.98 Å². The van der Waals surface area contributed by atoms with Crippen molar-refractivity contribution in [1.29, 1.82) is 0 Å². The van der Waals surface area contributed by atoms with Crippen LogP contribution in [0.4, 0.5) is 0 Å². The van der Waals surface area contributed by atoms with Crippen LogP contribution in [0.25, 0.3) is 11.5 Å². The van der Waals surface area contributed by atoms with Gasteiger partial charge < -0.3 is 4.42 Å². The highest BCUT2D eigenvalue weighted by molar-refractivity contribution is 7.99. The summed E-state index contributed by atoms with van der Waals surface area (Å²) in [6, 6.07) is 9.62. The van der Waals surface area contributed by atoms with Crippen LogP contribution in [0.2, 0.25) is 0 Å². The van der Waals surface area contributed by atoms with E-state index in [0.29, 0.717) is 23.8 Å². The Balaban J connectivity index is 1.59. The second-order valence-corrected chi connectivity index (χ2v) is 7.54. The highest BCUT2D eigenvalue weighted by atomic mass is 32.2. The number of benzene rings is 1. The average molecular weight is 342 g/mol. The molecule has 2 aliphatic heterocycles. The molecule has 1 unspecified atom stereocenters. The van der Waals surface area contributed by atoms with Crippen molar-refractivity contribution in [3.05, 3.63) is 41.8 Å². The van der Waals surface area contributed by atoms with E-state index in [-0.39, 0.29) is 18.4 Å². The molecule has 124 valence electrons. The lowest BCUT2D eigenvalue weighted by molar-refractivity contribution is -0.141. The van der Waals surface area contributed by atoms with E-state index in [9.17, 15) is 9.59 Å². The molecule has 6 heteroatoms. The fraction of sp³-hybridized carbons (Fsp3) is 0.389. The molecule has 1 spiro atoms. The van der Waals surface area contributed by atoms with Crippen LogP contribution in [-0.2, 0) is 16.1 Å². The summed E-state index contributed by atoms with van der Waals surface area (Å²) in [5.74, 6) is 2.74. The zero-order valence-electron chi connectivity index (χ0n) is 13.4. The number of imide groups is 1. The third-order valence-corrected chi connectivity index (χ3v) is 6.06. The molecule has 24 heavy (non-hydrogen) atoms. The summed E-state index contributed by atoms with van der Waals surface area (Å²) in [4.78, 5) is 31.0. The van der Waals surface area contributed by atoms with Gasteiger partial charge >= 0.3 is 0 Å². The number of rotatable bonds is 3. The quantitative estimate of drug-likeness (QED) is 0.802. The Bertz CT molecular complexity index is 794. The Kier molecular flexibility index (Phi) is 3.72. The average Bonchev–Trinajstić information content (AvgIpc) is 3.25. The van der Waals surface area contributed by atoms with Gasteiger partial charge in [-0.2, -0.15) is 11.8 Å². The van der Waals surface area contributed by atoms with Crippen LogP contribution in [0.3, 0.4) is 0 Å². The molecule has 1 aromatic heterocycles. The fourth-order valence-corrected chi connectivity index (χ4v) is 4.80. The van der Waals surface area contributed by atoms with Crippen LogP contribution in [-0.4, -0.2) is 33.2 Å². The maximum Gasteiger partial charge on any atom is 0.237 e. The Morgan fingerprint density at radius 3 is 2.79 bits per heavy atom. The summed E-state index contributed by atoms with van der Waals surface area (Å²) in [5, 5.41) is 0. The number of carbonyl (C=O) groups is 2. The minimum absolute atomic E-state index is 0.0406. The first kappa shape index (κ1) is 15.4. The van der Waals surface area contributed by atoms with Crippen molar-refractivity contribution in [2.24, 2.45) is 5.41 Å². The first-order valence-electron chi connectivity index (χ1n) is 8.03. The number of hydrogen-bond acceptors (Lipinski definition) is 5. The Hall–Kier alpha value is -2.08. The molecule has 2 amide bonds. The van der Waals surface area contributed by atoms with Gasteiger partial charge in [-0.3, -0.25) is 14.5 Å². The zero-order valence-corrected chi connectivity index (χ0v) is 14.3. The molecule has 1 aromatic carbocycles. The molecule has 1 atom stereocenters. The summed E-state index contributed by atoms with van der Waals surface area (Å²) in [7, 11) is 0. The molecular weight excluding hydrogens is 324 g/mol. The second kappa shape index (κ2) is 5.77. The Morgan fingerprint density at radius 1 is 1.29 bits per heavy atom. The number of amides is 2. The van der Waals surface area contributed by atoms with Crippen molar-refractivity contribution < 1.29 is 14.0 Å². The smallest absolute Gasteiger partial charge is 0.237 e. The van der Waals surface area contributed by atoms with Crippen LogP contribution < -0.4 is 0 Å². The first-order chi connectivity index (χ1) is 11.6. The van der Waals surface area contributed by atoms with Crippen molar-refractivity contribution in [3.8, 4) is 11.5 Å². The topological polar surface area (TPSA) is 63.4 Å². The van der Waals surface area contributed by atoms with Crippen molar-refractivity contribution in [2.45, 2.75) is 26.3 Å². The number of hydrogen-bond donors (Lipinski definition) is 0. The minimum Gasteiger partial charge on any atom is -0.441 e. The van der Waals surface area contributed by atoms with Crippen LogP contribution >= 0.6 is 11.8 Å². The summed E-state index contributed by atoms with van der Waals surface area (Å²) in [5.41, 5.74) is 1.06. The summed E-state index contributed by atoms with van der Waals surface area (Å²) in [6.45, 7) is 2.02. The van der Waals surface area contributed by atoms with Crippen molar-refractivity contribution in [1.82, 2.24) is 9.88 Å². The van der Waals surface area contributed by atoms with Gasteiger partial charge in [0.05, 0.1) is 12.0 Å². The molecule has 0 saturated carbocycles. The number of aryl methyl sites for hydroxylation is 1. The Labute approximate surface area is 144 Å². The van der Waals surface area contributed by atoms with Gasteiger partial charge in [0.15, 0.2) is 0 Å². The molecule has 0 radical (unpaired) electrons. The molecule has 2 aromatic rings. The van der Waals surface area contributed by atoms with Crippen LogP contribution in [0, 0.1) is 12.3 Å². The van der Waals surface area contributed by atoms with E-state index in [0.717, 1.165) is 23.5 Å². The van der Waals surface area contributed by atoms with E-state index in [1.807, 2.05) is 37.3 Å². The summed E-state index contributed by atoms with van der Waals surface area (Å²) >= 11 is 1.75. The third kappa shape index (κ3) is 2.45. The van der Waals surface area contributed by atoms with Crippen LogP contribution in [0.15, 0.2) is 34.7 Å². The van der Waals surface area contributed by atoms with Crippen molar-refractivity contribution in [2.75, 3.05) is 11.5 Å². The van der Waals surface area contributed by atoms with Gasteiger partial charge in [-0.1, -0.05) is 18.2 Å². The first-order valence-corrected chi connectivity index (χ1v) is 9.19. The number of oxazole rings is 1. The number of carbonyl (C=O) groups excluding carboxylic acids is 2. The maximum atomic E-state index is 12.8. The number of nitrogens with zero attached hydrogens (tertiary/aromatic N) is 2. The number of thioether (sulfide) groups is 1. The van der Waals surface area contributed by atoms with Gasteiger partial charge in [0.1, 0.15) is 11.5 Å². The lowest BCUT2D eigenvalue weighted by Crippen LogP contribution is -2.35. The van der Waals surface area contributed by atoms with Gasteiger partial charge in [-0.15, -0.1) is 0 Å². The predicted octanol–water partition coefficient (Wildman–Crippen LogP) is 3.03. The van der Waals surface area contributed by atoms with Gasteiger partial charge in [0.25, 0.3) is 0 Å². The predicted molar refractivity (Wildman–Crippen MR) is 91.2 cm³/mol. The molecule has 3 heterocycles.